The molecule has 0 aliphatic rings. The molecule has 1 atom stereocenters. The fraction of sp³-hybridized carbons (Fsp3) is 0.167. The van der Waals surface area contributed by atoms with Gasteiger partial charge in [0.25, 0.3) is 0 Å². The van der Waals surface area contributed by atoms with Gasteiger partial charge in [-0.25, -0.2) is 9.37 Å². The predicted octanol–water partition coefficient (Wildman–Crippen LogP) is 2.72. The zero-order chi connectivity index (χ0) is 13.0. The van der Waals surface area contributed by atoms with Crippen molar-refractivity contribution in [3.63, 3.8) is 0 Å². The standard InChI is InChI=1S/C12H12FN3OS/c1-8(11(17)16-12-14-6-7-18-12)15-10-5-3-2-4-9(10)13/h2-8,15H,1H3,(H,14,16,17)/t8-/m1/s1. The van der Waals surface area contributed by atoms with Crippen LogP contribution in [0.1, 0.15) is 6.92 Å². The van der Waals surface area contributed by atoms with Crippen LogP contribution in [-0.2, 0) is 4.79 Å². The Labute approximate surface area is 108 Å². The number of carbonyl (C=O) groups excluding carboxylic acids is 1. The van der Waals surface area contributed by atoms with Crippen LogP contribution in [0.4, 0.5) is 15.2 Å². The number of halogens is 1. The summed E-state index contributed by atoms with van der Waals surface area (Å²) in [7, 11) is 0. The van der Waals surface area contributed by atoms with Crippen molar-refractivity contribution in [3.05, 3.63) is 41.7 Å². The summed E-state index contributed by atoms with van der Waals surface area (Å²) in [6, 6.07) is 5.68. The van der Waals surface area contributed by atoms with Crippen LogP contribution in [0.5, 0.6) is 0 Å². The maximum Gasteiger partial charge on any atom is 0.248 e. The number of nitrogens with one attached hydrogen (secondary N) is 2. The van der Waals surface area contributed by atoms with E-state index >= 15 is 0 Å². The molecule has 2 aromatic rings. The highest BCUT2D eigenvalue weighted by Crippen LogP contribution is 2.15. The zero-order valence-electron chi connectivity index (χ0n) is 9.68. The minimum absolute atomic E-state index is 0.256. The first kappa shape index (κ1) is 12.5. The minimum Gasteiger partial charge on any atom is -0.372 e. The van der Waals surface area contributed by atoms with Gasteiger partial charge in [-0.15, -0.1) is 11.3 Å². The number of rotatable bonds is 4. The second kappa shape index (κ2) is 5.59. The molecule has 2 N–H and O–H groups in total. The molecule has 18 heavy (non-hydrogen) atoms. The van der Waals surface area contributed by atoms with Gasteiger partial charge in [0.15, 0.2) is 5.13 Å². The first-order valence-corrected chi connectivity index (χ1v) is 6.26. The molecular formula is C12H12FN3OS. The first-order chi connectivity index (χ1) is 8.66. The van der Waals surface area contributed by atoms with E-state index in [1.165, 1.54) is 17.4 Å². The van der Waals surface area contributed by atoms with E-state index in [4.69, 9.17) is 0 Å². The monoisotopic (exact) mass is 265 g/mol. The normalized spacial score (nSPS) is 11.9. The van der Waals surface area contributed by atoms with E-state index in [1.54, 1.807) is 36.7 Å². The van der Waals surface area contributed by atoms with Gasteiger partial charge in [0.05, 0.1) is 5.69 Å². The third-order valence-corrected chi connectivity index (χ3v) is 2.99. The van der Waals surface area contributed by atoms with Crippen molar-refractivity contribution in [3.8, 4) is 0 Å². The lowest BCUT2D eigenvalue weighted by atomic mass is 10.2. The van der Waals surface area contributed by atoms with E-state index in [9.17, 15) is 9.18 Å². The molecule has 0 saturated heterocycles. The van der Waals surface area contributed by atoms with E-state index < -0.39 is 6.04 Å². The lowest BCUT2D eigenvalue weighted by Gasteiger charge is -2.14. The van der Waals surface area contributed by atoms with Crippen LogP contribution in [0.2, 0.25) is 0 Å². The van der Waals surface area contributed by atoms with Gasteiger partial charge in [0, 0.05) is 11.6 Å². The van der Waals surface area contributed by atoms with Crippen LogP contribution in [0, 0.1) is 5.82 Å². The van der Waals surface area contributed by atoms with Crippen molar-refractivity contribution in [1.82, 2.24) is 4.98 Å². The summed E-state index contributed by atoms with van der Waals surface area (Å²) in [5.74, 6) is -0.639. The topological polar surface area (TPSA) is 54.0 Å². The Balaban J connectivity index is 1.97. The molecule has 0 saturated carbocycles. The Hall–Kier alpha value is -1.95. The maximum absolute atomic E-state index is 13.4. The molecular weight excluding hydrogens is 253 g/mol. The molecule has 0 unspecified atom stereocenters. The van der Waals surface area contributed by atoms with Crippen molar-refractivity contribution < 1.29 is 9.18 Å². The van der Waals surface area contributed by atoms with Gasteiger partial charge in [0.2, 0.25) is 5.91 Å². The highest BCUT2D eigenvalue weighted by Gasteiger charge is 2.15. The maximum atomic E-state index is 13.4. The Kier molecular flexibility index (Phi) is 3.88. The molecule has 0 aliphatic heterocycles. The molecule has 0 spiro atoms. The molecule has 4 nitrogen and oxygen atoms in total. The zero-order valence-corrected chi connectivity index (χ0v) is 10.5. The largest absolute Gasteiger partial charge is 0.372 e. The summed E-state index contributed by atoms with van der Waals surface area (Å²) >= 11 is 1.33. The molecule has 0 radical (unpaired) electrons. The number of amides is 1. The molecule has 0 bridgehead atoms. The van der Waals surface area contributed by atoms with Crippen molar-refractivity contribution in [2.24, 2.45) is 0 Å². The summed E-state index contributed by atoms with van der Waals surface area (Å²) in [5, 5.41) is 7.76. The Morgan fingerprint density at radius 2 is 2.22 bits per heavy atom. The number of nitrogens with zero attached hydrogens (tertiary/aromatic N) is 1. The number of thiazole rings is 1. The quantitative estimate of drug-likeness (QED) is 0.893. The minimum atomic E-state index is -0.550. The highest BCUT2D eigenvalue weighted by atomic mass is 32.1. The Morgan fingerprint density at radius 1 is 1.44 bits per heavy atom. The molecule has 6 heteroatoms. The van der Waals surface area contributed by atoms with Crippen molar-refractivity contribution in [1.29, 1.82) is 0 Å². The average molecular weight is 265 g/mol. The number of carbonyl (C=O) groups is 1. The van der Waals surface area contributed by atoms with E-state index in [2.05, 4.69) is 15.6 Å². The van der Waals surface area contributed by atoms with E-state index in [-0.39, 0.29) is 11.7 Å². The SMILES string of the molecule is C[C@@H](Nc1ccccc1F)C(=O)Nc1nccs1. The molecule has 1 aromatic carbocycles. The number of hydrogen-bond donors (Lipinski definition) is 2. The van der Waals surface area contributed by atoms with Crippen molar-refractivity contribution in [2.45, 2.75) is 13.0 Å². The van der Waals surface area contributed by atoms with Crippen LogP contribution in [0.25, 0.3) is 0 Å². The van der Waals surface area contributed by atoms with Crippen LogP contribution >= 0.6 is 11.3 Å². The third kappa shape index (κ3) is 3.04. The molecule has 2 rings (SSSR count). The molecule has 94 valence electrons. The van der Waals surface area contributed by atoms with E-state index in [1.807, 2.05) is 0 Å². The first-order valence-electron chi connectivity index (χ1n) is 5.38. The van der Waals surface area contributed by atoms with Gasteiger partial charge in [-0.1, -0.05) is 12.1 Å². The summed E-state index contributed by atoms with van der Waals surface area (Å²) in [4.78, 5) is 15.7. The van der Waals surface area contributed by atoms with Crippen LogP contribution in [0.15, 0.2) is 35.8 Å². The van der Waals surface area contributed by atoms with E-state index in [0.717, 1.165) is 0 Å². The lowest BCUT2D eigenvalue weighted by Crippen LogP contribution is -2.32. The second-order valence-corrected chi connectivity index (χ2v) is 4.57. The highest BCUT2D eigenvalue weighted by molar-refractivity contribution is 7.13. The molecule has 0 fully saturated rings. The molecule has 0 aliphatic carbocycles. The Bertz CT molecular complexity index is 530. The molecule has 1 amide bonds. The molecule has 1 aromatic heterocycles. The average Bonchev–Trinajstić information content (AvgIpc) is 2.84. The van der Waals surface area contributed by atoms with Crippen molar-refractivity contribution in [2.75, 3.05) is 10.6 Å². The van der Waals surface area contributed by atoms with Gasteiger partial charge in [-0.05, 0) is 19.1 Å². The second-order valence-electron chi connectivity index (χ2n) is 3.67. The summed E-state index contributed by atoms with van der Waals surface area (Å²) in [6.07, 6.45) is 1.61. The Morgan fingerprint density at radius 3 is 2.89 bits per heavy atom. The smallest absolute Gasteiger partial charge is 0.248 e. The molecule has 1 heterocycles. The lowest BCUT2D eigenvalue weighted by molar-refractivity contribution is -0.116. The van der Waals surface area contributed by atoms with Gasteiger partial charge >= 0.3 is 0 Å². The summed E-state index contributed by atoms with van der Waals surface area (Å²) in [6.45, 7) is 1.66. The predicted molar refractivity (Wildman–Crippen MR) is 70.2 cm³/mol. The summed E-state index contributed by atoms with van der Waals surface area (Å²) < 4.78 is 13.4. The van der Waals surface area contributed by atoms with Crippen molar-refractivity contribution >= 4 is 28.1 Å². The fourth-order valence-electron chi connectivity index (χ4n) is 1.38. The fourth-order valence-corrected chi connectivity index (χ4v) is 1.91. The van der Waals surface area contributed by atoms with Gasteiger partial charge in [0.1, 0.15) is 11.9 Å². The third-order valence-electron chi connectivity index (χ3n) is 2.30. The van der Waals surface area contributed by atoms with Crippen LogP contribution in [0.3, 0.4) is 0 Å². The van der Waals surface area contributed by atoms with Crippen LogP contribution in [-0.4, -0.2) is 16.9 Å². The van der Waals surface area contributed by atoms with Gasteiger partial charge in [-0.3, -0.25) is 4.79 Å². The number of benzene rings is 1. The van der Waals surface area contributed by atoms with Crippen LogP contribution < -0.4 is 10.6 Å². The number of anilines is 2. The summed E-state index contributed by atoms with van der Waals surface area (Å²) in [5.41, 5.74) is 0.305. The van der Waals surface area contributed by atoms with E-state index in [0.29, 0.717) is 10.8 Å². The number of aromatic nitrogens is 1. The van der Waals surface area contributed by atoms with Gasteiger partial charge < -0.3 is 10.6 Å². The number of hydrogen-bond acceptors (Lipinski definition) is 4. The number of para-hydroxylation sites is 1. The van der Waals surface area contributed by atoms with Gasteiger partial charge in [-0.2, -0.15) is 0 Å².